The number of ether oxygens (including phenoxy) is 1. The van der Waals surface area contributed by atoms with Gasteiger partial charge in [0, 0.05) is 18.7 Å². The Bertz CT molecular complexity index is 664. The van der Waals surface area contributed by atoms with Gasteiger partial charge >= 0.3 is 0 Å². The number of hydrogen-bond acceptors (Lipinski definition) is 5. The van der Waals surface area contributed by atoms with Crippen molar-refractivity contribution >= 4 is 12.3 Å². The molecule has 0 amide bonds. The molecule has 0 aromatic heterocycles. The van der Waals surface area contributed by atoms with Gasteiger partial charge in [0.05, 0.1) is 0 Å². The van der Waals surface area contributed by atoms with Crippen LogP contribution in [0.4, 0.5) is 0 Å². The highest BCUT2D eigenvalue weighted by atomic mass is 16.5. The van der Waals surface area contributed by atoms with Gasteiger partial charge in [-0.2, -0.15) is 0 Å². The first-order valence-electron chi connectivity index (χ1n) is 7.69. The third kappa shape index (κ3) is 4.75. The van der Waals surface area contributed by atoms with Gasteiger partial charge in [-0.25, -0.2) is 0 Å². The van der Waals surface area contributed by atoms with Crippen LogP contribution in [0.5, 0.6) is 0 Å². The summed E-state index contributed by atoms with van der Waals surface area (Å²) >= 11 is 0. The Kier molecular flexibility index (Phi) is 6.23. The first-order valence-corrected chi connectivity index (χ1v) is 7.69. The second kappa shape index (κ2) is 8.38. The average molecular weight is 327 g/mol. The van der Waals surface area contributed by atoms with Crippen LogP contribution in [0.1, 0.15) is 28.4 Å². The van der Waals surface area contributed by atoms with Gasteiger partial charge in [-0.15, -0.1) is 0 Å². The van der Waals surface area contributed by atoms with Gasteiger partial charge in [-0.05, 0) is 18.1 Å². The number of carbonyl (C=O) groups excluding carboxylic acids is 2. The quantitative estimate of drug-likeness (QED) is 0.649. The van der Waals surface area contributed by atoms with Crippen LogP contribution < -0.4 is 5.32 Å². The second-order valence-corrected chi connectivity index (χ2v) is 5.66. The SMILES string of the molecule is CC(=O)c1ccc(C2(O)CNC2)cc1.O=COCc1ccccc1. The zero-order valence-corrected chi connectivity index (χ0v) is 13.6. The van der Waals surface area contributed by atoms with E-state index in [1.807, 2.05) is 42.5 Å². The van der Waals surface area contributed by atoms with Crippen molar-refractivity contribution in [3.05, 3.63) is 71.3 Å². The predicted molar refractivity (Wildman–Crippen MR) is 90.5 cm³/mol. The highest BCUT2D eigenvalue weighted by Crippen LogP contribution is 2.25. The van der Waals surface area contributed by atoms with Crippen molar-refractivity contribution in [2.24, 2.45) is 0 Å². The molecule has 3 rings (SSSR count). The molecule has 0 atom stereocenters. The summed E-state index contributed by atoms with van der Waals surface area (Å²) in [6.07, 6.45) is 0. The molecular weight excluding hydrogens is 306 g/mol. The molecule has 1 saturated heterocycles. The molecule has 1 aliphatic rings. The molecule has 0 unspecified atom stereocenters. The zero-order valence-electron chi connectivity index (χ0n) is 13.6. The molecular formula is C19H21NO4. The molecule has 5 heteroatoms. The maximum atomic E-state index is 11.0. The fourth-order valence-corrected chi connectivity index (χ4v) is 2.29. The monoisotopic (exact) mass is 327 g/mol. The molecule has 24 heavy (non-hydrogen) atoms. The van der Waals surface area contributed by atoms with Crippen LogP contribution in [-0.4, -0.2) is 30.5 Å². The fraction of sp³-hybridized carbons (Fsp3) is 0.263. The van der Waals surface area contributed by atoms with Crippen molar-refractivity contribution in [3.63, 3.8) is 0 Å². The van der Waals surface area contributed by atoms with E-state index in [2.05, 4.69) is 10.1 Å². The lowest BCUT2D eigenvalue weighted by atomic mass is 9.87. The van der Waals surface area contributed by atoms with E-state index in [0.717, 1.165) is 11.1 Å². The molecule has 1 heterocycles. The summed E-state index contributed by atoms with van der Waals surface area (Å²) in [5.41, 5.74) is 1.84. The van der Waals surface area contributed by atoms with E-state index >= 15 is 0 Å². The van der Waals surface area contributed by atoms with Gasteiger partial charge in [0.15, 0.2) is 5.78 Å². The molecule has 2 aromatic carbocycles. The van der Waals surface area contributed by atoms with E-state index in [9.17, 15) is 14.7 Å². The Labute approximate surface area is 141 Å². The number of hydrogen-bond donors (Lipinski definition) is 2. The molecule has 0 radical (unpaired) electrons. The molecule has 1 aliphatic heterocycles. The minimum absolute atomic E-state index is 0.0512. The van der Waals surface area contributed by atoms with Gasteiger partial charge in [0.1, 0.15) is 12.2 Å². The molecule has 0 aliphatic carbocycles. The van der Waals surface area contributed by atoms with E-state index < -0.39 is 5.60 Å². The van der Waals surface area contributed by atoms with Gasteiger partial charge < -0.3 is 15.2 Å². The average Bonchev–Trinajstić information content (AvgIpc) is 2.59. The Morgan fingerprint density at radius 2 is 1.79 bits per heavy atom. The first kappa shape index (κ1) is 17.8. The van der Waals surface area contributed by atoms with Crippen LogP contribution in [0.2, 0.25) is 0 Å². The highest BCUT2D eigenvalue weighted by molar-refractivity contribution is 5.94. The van der Waals surface area contributed by atoms with E-state index in [-0.39, 0.29) is 5.78 Å². The second-order valence-electron chi connectivity index (χ2n) is 5.66. The third-order valence-corrected chi connectivity index (χ3v) is 3.82. The van der Waals surface area contributed by atoms with Crippen LogP contribution in [-0.2, 0) is 21.7 Å². The van der Waals surface area contributed by atoms with E-state index in [1.165, 1.54) is 6.92 Å². The Balaban J connectivity index is 0.000000185. The number of rotatable bonds is 5. The maximum Gasteiger partial charge on any atom is 0.293 e. The normalized spacial score (nSPS) is 14.6. The third-order valence-electron chi connectivity index (χ3n) is 3.82. The minimum Gasteiger partial charge on any atom is -0.463 e. The summed E-state index contributed by atoms with van der Waals surface area (Å²) in [6, 6.07) is 16.7. The first-order chi connectivity index (χ1) is 11.5. The Morgan fingerprint density at radius 3 is 2.25 bits per heavy atom. The molecule has 2 aromatic rings. The molecule has 1 fully saturated rings. The Hall–Kier alpha value is -2.50. The lowest BCUT2D eigenvalue weighted by Crippen LogP contribution is -2.56. The van der Waals surface area contributed by atoms with Gasteiger partial charge in [0.2, 0.25) is 0 Å². The summed E-state index contributed by atoms with van der Waals surface area (Å²) in [5.74, 6) is 0.0512. The lowest BCUT2D eigenvalue weighted by molar-refractivity contribution is -0.129. The Morgan fingerprint density at radius 1 is 1.17 bits per heavy atom. The van der Waals surface area contributed by atoms with Gasteiger partial charge in [-0.1, -0.05) is 54.6 Å². The van der Waals surface area contributed by atoms with Crippen molar-refractivity contribution < 1.29 is 19.4 Å². The minimum atomic E-state index is -0.727. The molecule has 5 nitrogen and oxygen atoms in total. The summed E-state index contributed by atoms with van der Waals surface area (Å²) in [6.45, 7) is 3.53. The largest absolute Gasteiger partial charge is 0.463 e. The molecule has 2 N–H and O–H groups in total. The number of β-amino-alcohol motifs (C(OH)–C–C–N with tert-alkyl or cyclic N) is 1. The molecule has 0 bridgehead atoms. The molecule has 126 valence electrons. The zero-order chi connectivity index (χ0) is 17.4. The summed E-state index contributed by atoms with van der Waals surface area (Å²) in [5, 5.41) is 13.0. The van der Waals surface area contributed by atoms with Crippen molar-refractivity contribution in [2.75, 3.05) is 13.1 Å². The fourth-order valence-electron chi connectivity index (χ4n) is 2.29. The number of carbonyl (C=O) groups is 2. The van der Waals surface area contributed by atoms with Crippen molar-refractivity contribution in [1.82, 2.24) is 5.32 Å². The molecule has 0 spiro atoms. The summed E-state index contributed by atoms with van der Waals surface area (Å²) < 4.78 is 4.54. The van der Waals surface area contributed by atoms with Crippen LogP contribution in [0.25, 0.3) is 0 Å². The van der Waals surface area contributed by atoms with Crippen LogP contribution in [0, 0.1) is 0 Å². The predicted octanol–water partition coefficient (Wildman–Crippen LogP) is 2.04. The number of nitrogens with one attached hydrogen (secondary N) is 1. The van der Waals surface area contributed by atoms with Crippen molar-refractivity contribution in [1.29, 1.82) is 0 Å². The topological polar surface area (TPSA) is 75.6 Å². The summed E-state index contributed by atoms with van der Waals surface area (Å²) in [7, 11) is 0. The van der Waals surface area contributed by atoms with Crippen molar-refractivity contribution in [3.8, 4) is 0 Å². The number of Topliss-reactive ketones (excluding diaryl/α,β-unsaturated/α-hetero) is 1. The van der Waals surface area contributed by atoms with E-state index in [1.54, 1.807) is 12.1 Å². The van der Waals surface area contributed by atoms with Crippen molar-refractivity contribution in [2.45, 2.75) is 19.1 Å². The van der Waals surface area contributed by atoms with E-state index in [4.69, 9.17) is 0 Å². The van der Waals surface area contributed by atoms with Crippen LogP contribution in [0.3, 0.4) is 0 Å². The van der Waals surface area contributed by atoms with Gasteiger partial charge in [0.25, 0.3) is 6.47 Å². The van der Waals surface area contributed by atoms with Crippen LogP contribution >= 0.6 is 0 Å². The van der Waals surface area contributed by atoms with Gasteiger partial charge in [-0.3, -0.25) is 9.59 Å². The van der Waals surface area contributed by atoms with Crippen LogP contribution in [0.15, 0.2) is 54.6 Å². The lowest BCUT2D eigenvalue weighted by Gasteiger charge is -2.38. The number of aliphatic hydroxyl groups is 1. The summed E-state index contributed by atoms with van der Waals surface area (Å²) in [4.78, 5) is 20.8. The molecule has 0 saturated carbocycles. The standard InChI is InChI=1S/C11H13NO2.C8H8O2/c1-8(13)9-2-4-10(5-3-9)11(14)6-12-7-11;9-7-10-6-8-4-2-1-3-5-8/h2-5,12,14H,6-7H2,1H3;1-5,7H,6H2. The highest BCUT2D eigenvalue weighted by Gasteiger charge is 2.35. The maximum absolute atomic E-state index is 11.0. The smallest absolute Gasteiger partial charge is 0.293 e. The number of ketones is 1. The van der Waals surface area contributed by atoms with E-state index in [0.29, 0.717) is 31.7 Å². The number of benzene rings is 2.